The third-order valence-corrected chi connectivity index (χ3v) is 4.01. The van der Waals surface area contributed by atoms with E-state index in [0.29, 0.717) is 5.92 Å². The van der Waals surface area contributed by atoms with Gasteiger partial charge in [0, 0.05) is 12.3 Å². The van der Waals surface area contributed by atoms with Gasteiger partial charge in [-0.1, -0.05) is 27.2 Å². The van der Waals surface area contributed by atoms with Gasteiger partial charge in [0.15, 0.2) is 0 Å². The van der Waals surface area contributed by atoms with Crippen molar-refractivity contribution in [1.29, 1.82) is 0 Å². The number of rotatable bonds is 9. The lowest BCUT2D eigenvalue weighted by Gasteiger charge is -2.03. The molecule has 4 heteroatoms. The fourth-order valence-electron chi connectivity index (χ4n) is 1.79. The van der Waals surface area contributed by atoms with E-state index >= 15 is 0 Å². The second-order valence-electron chi connectivity index (χ2n) is 4.58. The summed E-state index contributed by atoms with van der Waals surface area (Å²) in [7, 11) is 0. The summed E-state index contributed by atoms with van der Waals surface area (Å²) in [4.78, 5) is 0. The van der Waals surface area contributed by atoms with Crippen LogP contribution < -0.4 is 5.32 Å². The van der Waals surface area contributed by atoms with Gasteiger partial charge < -0.3 is 5.32 Å². The van der Waals surface area contributed by atoms with Crippen LogP contribution in [0.3, 0.4) is 0 Å². The Morgan fingerprint density at radius 1 is 1.18 bits per heavy atom. The Labute approximate surface area is 109 Å². The minimum absolute atomic E-state index is 0.574. The fraction of sp³-hybridized carbons (Fsp3) is 0.846. The molecule has 1 aromatic rings. The van der Waals surface area contributed by atoms with Gasteiger partial charge >= 0.3 is 0 Å². The Balaban J connectivity index is 2.25. The van der Waals surface area contributed by atoms with Crippen LogP contribution in [-0.4, -0.2) is 23.3 Å². The average Bonchev–Trinajstić information content (AvgIpc) is 2.78. The molecule has 1 rings (SSSR count). The first-order valence-corrected chi connectivity index (χ1v) is 7.62. The Morgan fingerprint density at radius 2 is 2.00 bits per heavy atom. The van der Waals surface area contributed by atoms with Gasteiger partial charge in [-0.15, -0.1) is 21.5 Å². The van der Waals surface area contributed by atoms with Crippen LogP contribution in [0.4, 0.5) is 0 Å². The second-order valence-corrected chi connectivity index (χ2v) is 5.67. The first kappa shape index (κ1) is 14.6. The van der Waals surface area contributed by atoms with Crippen molar-refractivity contribution in [1.82, 2.24) is 15.5 Å². The van der Waals surface area contributed by atoms with Gasteiger partial charge in [0.2, 0.25) is 0 Å². The van der Waals surface area contributed by atoms with Crippen molar-refractivity contribution in [3.63, 3.8) is 0 Å². The molecular weight excluding hydrogens is 230 g/mol. The van der Waals surface area contributed by atoms with Crippen molar-refractivity contribution in [2.45, 2.75) is 58.8 Å². The standard InChI is InChI=1S/C13H25N3S/c1-4-7-11(3)13-16-15-12(17-13)8-6-10-14-9-5-2/h11,14H,4-10H2,1-3H3. The third kappa shape index (κ3) is 5.59. The lowest BCUT2D eigenvalue weighted by Crippen LogP contribution is -2.16. The average molecular weight is 255 g/mol. The van der Waals surface area contributed by atoms with Crippen LogP contribution in [-0.2, 0) is 6.42 Å². The molecule has 0 amide bonds. The minimum atomic E-state index is 0.574. The SMILES string of the molecule is CCCNCCCc1nnc(C(C)CCC)s1. The smallest absolute Gasteiger partial charge is 0.120 e. The molecule has 0 aromatic carbocycles. The van der Waals surface area contributed by atoms with E-state index in [0.717, 1.165) is 25.9 Å². The van der Waals surface area contributed by atoms with E-state index < -0.39 is 0 Å². The van der Waals surface area contributed by atoms with Crippen LogP contribution >= 0.6 is 11.3 Å². The first-order valence-electron chi connectivity index (χ1n) is 6.80. The van der Waals surface area contributed by atoms with Crippen molar-refractivity contribution < 1.29 is 0 Å². The quantitative estimate of drug-likeness (QED) is 0.687. The molecule has 0 radical (unpaired) electrons. The third-order valence-electron chi connectivity index (χ3n) is 2.80. The van der Waals surface area contributed by atoms with Crippen LogP contribution in [0, 0.1) is 0 Å². The van der Waals surface area contributed by atoms with Crippen molar-refractivity contribution in [2.24, 2.45) is 0 Å². The first-order chi connectivity index (χ1) is 8.27. The molecule has 1 N–H and O–H groups in total. The Hall–Kier alpha value is -0.480. The number of aryl methyl sites for hydroxylation is 1. The monoisotopic (exact) mass is 255 g/mol. The van der Waals surface area contributed by atoms with E-state index in [1.807, 2.05) is 0 Å². The molecule has 0 saturated heterocycles. The summed E-state index contributed by atoms with van der Waals surface area (Å²) in [5.74, 6) is 0.574. The molecule has 0 aliphatic carbocycles. The molecule has 0 spiro atoms. The van der Waals surface area contributed by atoms with E-state index in [4.69, 9.17) is 0 Å². The molecule has 98 valence electrons. The molecule has 1 heterocycles. The number of hydrogen-bond donors (Lipinski definition) is 1. The van der Waals surface area contributed by atoms with Crippen LogP contribution in [0.15, 0.2) is 0 Å². The lowest BCUT2D eigenvalue weighted by molar-refractivity contribution is 0.635. The predicted octanol–water partition coefficient (Wildman–Crippen LogP) is 3.37. The lowest BCUT2D eigenvalue weighted by atomic mass is 10.1. The van der Waals surface area contributed by atoms with Crippen LogP contribution in [0.5, 0.6) is 0 Å². The van der Waals surface area contributed by atoms with Gasteiger partial charge in [-0.2, -0.15) is 0 Å². The molecular formula is C13H25N3S. The summed E-state index contributed by atoms with van der Waals surface area (Å²) >= 11 is 1.79. The molecule has 0 bridgehead atoms. The molecule has 3 nitrogen and oxygen atoms in total. The number of nitrogens with zero attached hydrogens (tertiary/aromatic N) is 2. The summed E-state index contributed by atoms with van der Waals surface area (Å²) in [6.07, 6.45) is 5.87. The van der Waals surface area contributed by atoms with Gasteiger partial charge in [0.05, 0.1) is 0 Å². The zero-order valence-electron chi connectivity index (χ0n) is 11.3. The van der Waals surface area contributed by atoms with Gasteiger partial charge in [0.1, 0.15) is 10.0 Å². The van der Waals surface area contributed by atoms with Crippen molar-refractivity contribution in [3.8, 4) is 0 Å². The maximum atomic E-state index is 4.30. The van der Waals surface area contributed by atoms with E-state index in [9.17, 15) is 0 Å². The van der Waals surface area contributed by atoms with Gasteiger partial charge in [-0.25, -0.2) is 0 Å². The summed E-state index contributed by atoms with van der Waals surface area (Å²) in [5, 5.41) is 14.4. The predicted molar refractivity (Wildman–Crippen MR) is 74.7 cm³/mol. The highest BCUT2D eigenvalue weighted by Gasteiger charge is 2.10. The molecule has 0 fully saturated rings. The highest BCUT2D eigenvalue weighted by molar-refractivity contribution is 7.11. The van der Waals surface area contributed by atoms with Gasteiger partial charge in [0.25, 0.3) is 0 Å². The van der Waals surface area contributed by atoms with Gasteiger partial charge in [-0.3, -0.25) is 0 Å². The number of nitrogens with one attached hydrogen (secondary N) is 1. The normalized spacial score (nSPS) is 12.9. The number of hydrogen-bond acceptors (Lipinski definition) is 4. The molecule has 0 aliphatic heterocycles. The Bertz CT molecular complexity index is 299. The summed E-state index contributed by atoms with van der Waals surface area (Å²) in [6.45, 7) is 8.87. The maximum Gasteiger partial charge on any atom is 0.120 e. The molecule has 0 saturated carbocycles. The number of aromatic nitrogens is 2. The second kappa shape index (κ2) is 8.59. The van der Waals surface area contributed by atoms with Crippen LogP contribution in [0.1, 0.15) is 62.4 Å². The zero-order valence-corrected chi connectivity index (χ0v) is 12.1. The summed E-state index contributed by atoms with van der Waals surface area (Å²) in [5.41, 5.74) is 0. The highest BCUT2D eigenvalue weighted by atomic mass is 32.1. The topological polar surface area (TPSA) is 37.8 Å². The van der Waals surface area contributed by atoms with Crippen molar-refractivity contribution in [3.05, 3.63) is 10.0 Å². The molecule has 17 heavy (non-hydrogen) atoms. The summed E-state index contributed by atoms with van der Waals surface area (Å²) in [6, 6.07) is 0. The maximum absolute atomic E-state index is 4.30. The Morgan fingerprint density at radius 3 is 2.71 bits per heavy atom. The molecule has 0 aliphatic rings. The summed E-state index contributed by atoms with van der Waals surface area (Å²) < 4.78 is 0. The van der Waals surface area contributed by atoms with Crippen molar-refractivity contribution >= 4 is 11.3 Å². The van der Waals surface area contributed by atoms with Crippen LogP contribution in [0.2, 0.25) is 0 Å². The minimum Gasteiger partial charge on any atom is -0.317 e. The zero-order chi connectivity index (χ0) is 12.5. The van der Waals surface area contributed by atoms with E-state index in [1.165, 1.54) is 29.3 Å². The molecule has 1 atom stereocenters. The van der Waals surface area contributed by atoms with E-state index in [-0.39, 0.29) is 0 Å². The van der Waals surface area contributed by atoms with Crippen molar-refractivity contribution in [2.75, 3.05) is 13.1 Å². The van der Waals surface area contributed by atoms with E-state index in [1.54, 1.807) is 11.3 Å². The molecule has 1 unspecified atom stereocenters. The fourth-order valence-corrected chi connectivity index (χ4v) is 2.76. The van der Waals surface area contributed by atoms with Gasteiger partial charge in [-0.05, 0) is 32.4 Å². The molecule has 1 aromatic heterocycles. The Kier molecular flexibility index (Phi) is 7.37. The van der Waals surface area contributed by atoms with E-state index in [2.05, 4.69) is 36.3 Å². The van der Waals surface area contributed by atoms with Crippen LogP contribution in [0.25, 0.3) is 0 Å². The highest BCUT2D eigenvalue weighted by Crippen LogP contribution is 2.24. The largest absolute Gasteiger partial charge is 0.317 e.